The minimum Gasteiger partial charge on any atom is -0.481 e. The molecule has 1 saturated heterocycles. The zero-order chi connectivity index (χ0) is 16.3. The average Bonchev–Trinajstić information content (AvgIpc) is 2.72. The van der Waals surface area contributed by atoms with Gasteiger partial charge in [0.05, 0.1) is 18.2 Å². The first-order chi connectivity index (χ1) is 10.4. The smallest absolute Gasteiger partial charge is 0.305 e. The van der Waals surface area contributed by atoms with Crippen molar-refractivity contribution in [2.75, 3.05) is 0 Å². The lowest BCUT2D eigenvalue weighted by Gasteiger charge is -1.99. The van der Waals surface area contributed by atoms with Crippen LogP contribution in [0.1, 0.15) is 12.0 Å². The Balaban J connectivity index is 2.10. The zero-order valence-corrected chi connectivity index (χ0v) is 13.7. The molecule has 1 unspecified atom stereocenters. The lowest BCUT2D eigenvalue weighted by atomic mass is 10.2. The van der Waals surface area contributed by atoms with Crippen LogP contribution in [0.3, 0.4) is 0 Å². The van der Waals surface area contributed by atoms with Crippen LogP contribution >= 0.6 is 34.4 Å². The number of carboxylic acid groups (broad SMARTS) is 1. The quantitative estimate of drug-likeness (QED) is 0.427. The summed E-state index contributed by atoms with van der Waals surface area (Å²) < 4.78 is 27.5. The first kappa shape index (κ1) is 16.8. The summed E-state index contributed by atoms with van der Waals surface area (Å²) in [5.74, 6) is -3.16. The van der Waals surface area contributed by atoms with Crippen molar-refractivity contribution in [1.82, 2.24) is 5.32 Å². The molecule has 1 aromatic carbocycles. The van der Waals surface area contributed by atoms with Gasteiger partial charge in [-0.25, -0.2) is 8.78 Å². The number of halogens is 3. The Morgan fingerprint density at radius 1 is 1.45 bits per heavy atom. The van der Waals surface area contributed by atoms with Crippen LogP contribution in [0.5, 0.6) is 0 Å². The largest absolute Gasteiger partial charge is 0.481 e. The summed E-state index contributed by atoms with van der Waals surface area (Å²) in [6.45, 7) is 0. The number of hydrogen-bond acceptors (Lipinski definition) is 5. The number of nitrogens with one attached hydrogen (secondary N) is 1. The SMILES string of the molecule is O=C(O)CC1SC(=NN=Cc2c(F)cc(I)cc2F)NC1=O. The number of amides is 1. The van der Waals surface area contributed by atoms with E-state index in [1.54, 1.807) is 22.6 Å². The van der Waals surface area contributed by atoms with E-state index in [2.05, 4.69) is 15.5 Å². The second kappa shape index (κ2) is 7.13. The summed E-state index contributed by atoms with van der Waals surface area (Å²) >= 11 is 2.68. The van der Waals surface area contributed by atoms with Crippen molar-refractivity contribution in [2.24, 2.45) is 10.2 Å². The molecular weight excluding hydrogens is 431 g/mol. The van der Waals surface area contributed by atoms with Crippen molar-refractivity contribution in [3.63, 3.8) is 0 Å². The molecule has 1 fully saturated rings. The van der Waals surface area contributed by atoms with Crippen LogP contribution < -0.4 is 5.32 Å². The maximum Gasteiger partial charge on any atom is 0.305 e. The summed E-state index contributed by atoms with van der Waals surface area (Å²) in [6.07, 6.45) is 0.546. The number of carbonyl (C=O) groups is 2. The molecule has 1 heterocycles. The van der Waals surface area contributed by atoms with Crippen molar-refractivity contribution in [3.05, 3.63) is 32.9 Å². The average molecular weight is 439 g/mol. The van der Waals surface area contributed by atoms with Crippen LogP contribution in [-0.4, -0.2) is 33.6 Å². The van der Waals surface area contributed by atoms with Crippen LogP contribution in [0.15, 0.2) is 22.3 Å². The van der Waals surface area contributed by atoms with Gasteiger partial charge in [0.2, 0.25) is 5.91 Å². The highest BCUT2D eigenvalue weighted by Gasteiger charge is 2.32. The van der Waals surface area contributed by atoms with Gasteiger partial charge < -0.3 is 10.4 Å². The number of carbonyl (C=O) groups excluding carboxylic acids is 1. The third-order valence-electron chi connectivity index (χ3n) is 2.52. The fourth-order valence-corrected chi connectivity index (χ4v) is 3.02. The maximum absolute atomic E-state index is 13.6. The van der Waals surface area contributed by atoms with E-state index in [0.29, 0.717) is 3.57 Å². The molecule has 22 heavy (non-hydrogen) atoms. The molecule has 1 amide bonds. The Morgan fingerprint density at radius 2 is 2.09 bits per heavy atom. The number of amidine groups is 1. The predicted octanol–water partition coefficient (Wildman–Crippen LogP) is 1.97. The highest BCUT2D eigenvalue weighted by Crippen LogP contribution is 2.22. The molecule has 1 atom stereocenters. The van der Waals surface area contributed by atoms with Crippen LogP contribution in [0.25, 0.3) is 0 Å². The van der Waals surface area contributed by atoms with Crippen LogP contribution in [0.4, 0.5) is 8.78 Å². The summed E-state index contributed by atoms with van der Waals surface area (Å²) in [5.41, 5.74) is -0.346. The molecule has 0 radical (unpaired) electrons. The van der Waals surface area contributed by atoms with Crippen molar-refractivity contribution >= 4 is 57.6 Å². The zero-order valence-electron chi connectivity index (χ0n) is 10.7. The molecule has 10 heteroatoms. The Morgan fingerprint density at radius 3 is 2.68 bits per heavy atom. The Hall–Kier alpha value is -1.56. The first-order valence-electron chi connectivity index (χ1n) is 5.81. The van der Waals surface area contributed by atoms with Crippen LogP contribution in [-0.2, 0) is 9.59 Å². The van der Waals surface area contributed by atoms with E-state index in [0.717, 1.165) is 30.1 Å². The Bertz CT molecular complexity index is 673. The number of benzene rings is 1. The monoisotopic (exact) mass is 439 g/mol. The molecule has 0 spiro atoms. The minimum absolute atomic E-state index is 0.0822. The van der Waals surface area contributed by atoms with Gasteiger partial charge in [0.1, 0.15) is 16.9 Å². The van der Waals surface area contributed by atoms with E-state index in [1.807, 2.05) is 0 Å². The van der Waals surface area contributed by atoms with Crippen molar-refractivity contribution in [1.29, 1.82) is 0 Å². The summed E-state index contributed by atoms with van der Waals surface area (Å²) in [5, 5.41) is 17.4. The molecule has 0 bridgehead atoms. The summed E-state index contributed by atoms with van der Waals surface area (Å²) in [4.78, 5) is 22.0. The van der Waals surface area contributed by atoms with Gasteiger partial charge in [0.25, 0.3) is 0 Å². The summed E-state index contributed by atoms with van der Waals surface area (Å²) in [7, 11) is 0. The van der Waals surface area contributed by atoms with Gasteiger partial charge in [0.15, 0.2) is 5.17 Å². The standard InChI is InChI=1S/C12H8F2IN3O3S/c13-7-1-5(15)2-8(14)6(7)4-16-18-12-17-11(21)9(22-12)3-10(19)20/h1-2,4,9H,3H2,(H,19,20)(H,17,18,21). The molecule has 2 N–H and O–H groups in total. The number of rotatable bonds is 4. The normalized spacial score (nSPS) is 19.9. The third-order valence-corrected chi connectivity index (χ3v) is 4.21. The van der Waals surface area contributed by atoms with Crippen LogP contribution in [0, 0.1) is 15.2 Å². The highest BCUT2D eigenvalue weighted by molar-refractivity contribution is 14.1. The fraction of sp³-hybridized carbons (Fsp3) is 0.167. The van der Waals surface area contributed by atoms with E-state index in [-0.39, 0.29) is 17.2 Å². The van der Waals surface area contributed by atoms with Crippen molar-refractivity contribution < 1.29 is 23.5 Å². The van der Waals surface area contributed by atoms with E-state index < -0.39 is 28.8 Å². The van der Waals surface area contributed by atoms with Gasteiger partial charge in [-0.15, -0.1) is 5.10 Å². The van der Waals surface area contributed by atoms with Gasteiger partial charge >= 0.3 is 5.97 Å². The van der Waals surface area contributed by atoms with Gasteiger partial charge in [-0.05, 0) is 34.7 Å². The fourth-order valence-electron chi connectivity index (χ4n) is 1.56. The van der Waals surface area contributed by atoms with Crippen LogP contribution in [0.2, 0.25) is 0 Å². The van der Waals surface area contributed by atoms with Gasteiger partial charge in [-0.1, -0.05) is 11.8 Å². The number of carboxylic acids is 1. The number of thioether (sulfide) groups is 1. The Kier molecular flexibility index (Phi) is 5.45. The predicted molar refractivity (Wildman–Crippen MR) is 85.9 cm³/mol. The molecule has 2 rings (SSSR count). The van der Waals surface area contributed by atoms with Gasteiger partial charge in [-0.3, -0.25) is 9.59 Å². The van der Waals surface area contributed by atoms with E-state index in [1.165, 1.54) is 0 Å². The van der Waals surface area contributed by atoms with E-state index in [4.69, 9.17) is 5.11 Å². The third kappa shape index (κ3) is 4.22. The maximum atomic E-state index is 13.6. The van der Waals surface area contributed by atoms with Gasteiger partial charge in [0, 0.05) is 3.57 Å². The van der Waals surface area contributed by atoms with Gasteiger partial charge in [-0.2, -0.15) is 5.10 Å². The lowest BCUT2D eigenvalue weighted by molar-refractivity contribution is -0.138. The molecule has 1 aromatic rings. The molecule has 0 aliphatic carbocycles. The van der Waals surface area contributed by atoms with Crippen molar-refractivity contribution in [2.45, 2.75) is 11.7 Å². The molecule has 1 aliphatic rings. The van der Waals surface area contributed by atoms with E-state index in [9.17, 15) is 18.4 Å². The highest BCUT2D eigenvalue weighted by atomic mass is 127. The molecular formula is C12H8F2IN3O3S. The second-order valence-corrected chi connectivity index (χ2v) is 6.56. The topological polar surface area (TPSA) is 91.1 Å². The van der Waals surface area contributed by atoms with Crippen molar-refractivity contribution in [3.8, 4) is 0 Å². The minimum atomic E-state index is -1.11. The number of hydrogen-bond donors (Lipinski definition) is 2. The molecule has 0 saturated carbocycles. The first-order valence-corrected chi connectivity index (χ1v) is 7.77. The number of nitrogens with zero attached hydrogens (tertiary/aromatic N) is 2. The molecule has 0 aromatic heterocycles. The molecule has 116 valence electrons. The Labute approximate surface area is 141 Å². The second-order valence-electron chi connectivity index (χ2n) is 4.13. The number of aliphatic carboxylic acids is 1. The molecule has 6 nitrogen and oxygen atoms in total. The van der Waals surface area contributed by atoms with E-state index >= 15 is 0 Å². The molecule has 1 aliphatic heterocycles. The lowest BCUT2D eigenvalue weighted by Crippen LogP contribution is -2.26. The summed E-state index contributed by atoms with van der Waals surface area (Å²) in [6, 6.07) is 2.29.